The third-order valence-corrected chi connectivity index (χ3v) is 2.29. The van der Waals surface area contributed by atoms with Crippen LogP contribution in [0.1, 0.15) is 6.42 Å². The fourth-order valence-corrected chi connectivity index (χ4v) is 1.55. The molecule has 2 N–H and O–H groups in total. The summed E-state index contributed by atoms with van der Waals surface area (Å²) in [7, 11) is 0. The molecule has 0 amide bonds. The summed E-state index contributed by atoms with van der Waals surface area (Å²) >= 11 is 0. The topological polar surface area (TPSA) is 47.7 Å². The molecule has 2 rings (SSSR count). The molecule has 0 radical (unpaired) electrons. The molecule has 4 nitrogen and oxygen atoms in total. The molecule has 1 fully saturated rings. The van der Waals surface area contributed by atoms with Crippen LogP contribution < -0.4 is 10.5 Å². The van der Waals surface area contributed by atoms with Gasteiger partial charge in [0.05, 0.1) is 13.2 Å². The molecule has 4 heteroatoms. The molecule has 0 saturated carbocycles. The number of nitrogens with two attached hydrogens (primary N) is 1. The van der Waals surface area contributed by atoms with Gasteiger partial charge in [0.1, 0.15) is 12.4 Å². The van der Waals surface area contributed by atoms with Gasteiger partial charge >= 0.3 is 0 Å². The van der Waals surface area contributed by atoms with Gasteiger partial charge in [0.2, 0.25) is 0 Å². The Morgan fingerprint density at radius 3 is 3.13 bits per heavy atom. The Kier molecular flexibility index (Phi) is 3.42. The average Bonchev–Trinajstić information content (AvgIpc) is 2.71. The molecule has 1 aliphatic rings. The van der Waals surface area contributed by atoms with E-state index in [9.17, 15) is 0 Å². The normalized spacial score (nSPS) is 16.8. The quantitative estimate of drug-likeness (QED) is 0.757. The average molecular weight is 208 g/mol. The second-order valence-corrected chi connectivity index (χ2v) is 3.54. The molecule has 0 aromatic heterocycles. The Morgan fingerprint density at radius 1 is 1.47 bits per heavy atom. The van der Waals surface area contributed by atoms with Crippen molar-refractivity contribution >= 4 is 5.69 Å². The van der Waals surface area contributed by atoms with E-state index >= 15 is 0 Å². The van der Waals surface area contributed by atoms with E-state index in [0.717, 1.165) is 37.6 Å². The van der Waals surface area contributed by atoms with Crippen LogP contribution in [0.15, 0.2) is 24.3 Å². The van der Waals surface area contributed by atoms with Crippen LogP contribution in [-0.2, 0) is 4.84 Å². The van der Waals surface area contributed by atoms with Crippen molar-refractivity contribution in [1.82, 2.24) is 5.06 Å². The number of benzene rings is 1. The highest BCUT2D eigenvalue weighted by molar-refractivity contribution is 5.43. The van der Waals surface area contributed by atoms with E-state index in [1.165, 1.54) is 0 Å². The molecule has 1 aromatic rings. The lowest BCUT2D eigenvalue weighted by molar-refractivity contribution is -0.114. The molecule has 1 aliphatic heterocycles. The molecular weight excluding hydrogens is 192 g/mol. The summed E-state index contributed by atoms with van der Waals surface area (Å²) in [5, 5.41) is 1.94. The predicted octanol–water partition coefficient (Wildman–Crippen LogP) is 1.28. The number of hydrogen-bond acceptors (Lipinski definition) is 4. The molecule has 1 heterocycles. The zero-order valence-electron chi connectivity index (χ0n) is 8.69. The first kappa shape index (κ1) is 10.3. The van der Waals surface area contributed by atoms with Gasteiger partial charge in [-0.2, -0.15) is 5.06 Å². The van der Waals surface area contributed by atoms with Gasteiger partial charge in [-0.15, -0.1) is 0 Å². The Bertz CT molecular complexity index is 311. The molecular formula is C11H16N2O2. The molecule has 0 bridgehead atoms. The van der Waals surface area contributed by atoms with Gasteiger partial charge in [0.25, 0.3) is 0 Å². The maximum absolute atomic E-state index is 5.64. The Morgan fingerprint density at radius 2 is 2.40 bits per heavy atom. The van der Waals surface area contributed by atoms with Crippen LogP contribution in [0.25, 0.3) is 0 Å². The summed E-state index contributed by atoms with van der Waals surface area (Å²) in [4.78, 5) is 5.34. The first-order valence-electron chi connectivity index (χ1n) is 5.21. The highest BCUT2D eigenvalue weighted by Gasteiger charge is 2.11. The lowest BCUT2D eigenvalue weighted by Gasteiger charge is -2.14. The number of ether oxygens (including phenoxy) is 1. The largest absolute Gasteiger partial charge is 0.492 e. The summed E-state index contributed by atoms with van der Waals surface area (Å²) in [5.41, 5.74) is 6.36. The maximum Gasteiger partial charge on any atom is 0.121 e. The van der Waals surface area contributed by atoms with Crippen molar-refractivity contribution in [2.45, 2.75) is 6.42 Å². The van der Waals surface area contributed by atoms with Crippen molar-refractivity contribution < 1.29 is 9.57 Å². The van der Waals surface area contributed by atoms with Gasteiger partial charge in [-0.1, -0.05) is 6.07 Å². The Balaban J connectivity index is 1.73. The summed E-state index contributed by atoms with van der Waals surface area (Å²) in [5.74, 6) is 0.814. The van der Waals surface area contributed by atoms with E-state index < -0.39 is 0 Å². The smallest absolute Gasteiger partial charge is 0.121 e. The van der Waals surface area contributed by atoms with Gasteiger partial charge in [-0.25, -0.2) is 0 Å². The van der Waals surface area contributed by atoms with E-state index in [-0.39, 0.29) is 0 Å². The number of rotatable bonds is 4. The van der Waals surface area contributed by atoms with Crippen LogP contribution in [0.5, 0.6) is 5.75 Å². The van der Waals surface area contributed by atoms with E-state index in [0.29, 0.717) is 6.61 Å². The molecule has 0 spiro atoms. The van der Waals surface area contributed by atoms with Crippen LogP contribution >= 0.6 is 0 Å². The second kappa shape index (κ2) is 5.00. The minimum absolute atomic E-state index is 0.628. The second-order valence-electron chi connectivity index (χ2n) is 3.54. The lowest BCUT2D eigenvalue weighted by Crippen LogP contribution is -2.23. The van der Waals surface area contributed by atoms with Crippen molar-refractivity contribution in [2.24, 2.45) is 0 Å². The predicted molar refractivity (Wildman–Crippen MR) is 58.5 cm³/mol. The van der Waals surface area contributed by atoms with Gasteiger partial charge in [0, 0.05) is 18.3 Å². The Labute approximate surface area is 89.5 Å². The highest BCUT2D eigenvalue weighted by Crippen LogP contribution is 2.14. The number of hydroxylamine groups is 2. The molecule has 1 saturated heterocycles. The third kappa shape index (κ3) is 3.11. The number of nitrogens with zero attached hydrogens (tertiary/aromatic N) is 1. The summed E-state index contributed by atoms with van der Waals surface area (Å²) in [6.45, 7) is 3.26. The van der Waals surface area contributed by atoms with Gasteiger partial charge < -0.3 is 10.5 Å². The minimum atomic E-state index is 0.628. The first-order valence-corrected chi connectivity index (χ1v) is 5.21. The summed E-state index contributed by atoms with van der Waals surface area (Å²) in [6, 6.07) is 7.46. The van der Waals surface area contributed by atoms with Crippen molar-refractivity contribution in [3.05, 3.63) is 24.3 Å². The Hall–Kier alpha value is -1.26. The van der Waals surface area contributed by atoms with Crippen LogP contribution in [-0.4, -0.2) is 31.4 Å². The van der Waals surface area contributed by atoms with Crippen LogP contribution in [0.2, 0.25) is 0 Å². The van der Waals surface area contributed by atoms with Gasteiger partial charge in [-0.3, -0.25) is 4.84 Å². The molecule has 15 heavy (non-hydrogen) atoms. The van der Waals surface area contributed by atoms with Crippen LogP contribution in [0.3, 0.4) is 0 Å². The van der Waals surface area contributed by atoms with Gasteiger partial charge in [-0.05, 0) is 18.6 Å². The van der Waals surface area contributed by atoms with E-state index in [1.807, 2.05) is 29.3 Å². The van der Waals surface area contributed by atoms with Crippen molar-refractivity contribution in [1.29, 1.82) is 0 Å². The van der Waals surface area contributed by atoms with E-state index in [4.69, 9.17) is 15.3 Å². The molecule has 1 aromatic carbocycles. The molecule has 82 valence electrons. The fourth-order valence-electron chi connectivity index (χ4n) is 1.55. The van der Waals surface area contributed by atoms with E-state index in [1.54, 1.807) is 0 Å². The standard InChI is InChI=1S/C11H16N2O2/c12-10-3-1-4-11(9-10)14-8-6-13-5-2-7-15-13/h1,3-4,9H,2,5-8,12H2. The monoisotopic (exact) mass is 208 g/mol. The van der Waals surface area contributed by atoms with Crippen molar-refractivity contribution in [3.8, 4) is 5.75 Å². The van der Waals surface area contributed by atoms with Crippen molar-refractivity contribution in [3.63, 3.8) is 0 Å². The lowest BCUT2D eigenvalue weighted by atomic mass is 10.3. The highest BCUT2D eigenvalue weighted by atomic mass is 16.7. The molecule has 0 aliphatic carbocycles. The summed E-state index contributed by atoms with van der Waals surface area (Å²) < 4.78 is 5.55. The van der Waals surface area contributed by atoms with Crippen LogP contribution in [0.4, 0.5) is 5.69 Å². The van der Waals surface area contributed by atoms with E-state index in [2.05, 4.69) is 0 Å². The molecule has 0 unspecified atom stereocenters. The third-order valence-electron chi connectivity index (χ3n) is 2.29. The SMILES string of the molecule is Nc1cccc(OCCN2CCCO2)c1. The van der Waals surface area contributed by atoms with Crippen molar-refractivity contribution in [2.75, 3.05) is 32.0 Å². The molecule has 0 atom stereocenters. The van der Waals surface area contributed by atoms with Crippen LogP contribution in [0, 0.1) is 0 Å². The summed E-state index contributed by atoms with van der Waals surface area (Å²) in [6.07, 6.45) is 1.11. The maximum atomic E-state index is 5.64. The number of anilines is 1. The zero-order valence-corrected chi connectivity index (χ0v) is 8.69. The fraction of sp³-hybridized carbons (Fsp3) is 0.455. The number of nitrogen functional groups attached to an aromatic ring is 1. The number of hydrogen-bond donors (Lipinski definition) is 1. The zero-order chi connectivity index (χ0) is 10.5. The minimum Gasteiger partial charge on any atom is -0.492 e. The first-order chi connectivity index (χ1) is 7.34. The van der Waals surface area contributed by atoms with Gasteiger partial charge in [0.15, 0.2) is 0 Å².